The molecule has 0 atom stereocenters. The lowest BCUT2D eigenvalue weighted by atomic mass is 10.2. The van der Waals surface area contributed by atoms with E-state index < -0.39 is 0 Å². The highest BCUT2D eigenvalue weighted by atomic mass is 32.2. The maximum absolute atomic E-state index is 11.8. The average molecular weight is 282 g/mol. The van der Waals surface area contributed by atoms with E-state index in [2.05, 4.69) is 23.4 Å². The van der Waals surface area contributed by atoms with Gasteiger partial charge in [0.25, 0.3) is 5.91 Å². The first-order chi connectivity index (χ1) is 8.77. The number of thioether (sulfide) groups is 1. The highest BCUT2D eigenvalue weighted by Gasteiger charge is 2.06. The summed E-state index contributed by atoms with van der Waals surface area (Å²) in [5.74, 6) is 6.83. The Morgan fingerprint density at radius 3 is 3.11 bits per heavy atom. The van der Waals surface area contributed by atoms with Crippen LogP contribution in [-0.2, 0) is 0 Å². The highest BCUT2D eigenvalue weighted by molar-refractivity contribution is 7.98. The van der Waals surface area contributed by atoms with E-state index in [9.17, 15) is 4.79 Å². The molecule has 1 aromatic heterocycles. The molecule has 3 nitrogen and oxygen atoms in total. The Morgan fingerprint density at radius 1 is 1.56 bits per heavy atom. The van der Waals surface area contributed by atoms with Crippen LogP contribution in [0.15, 0.2) is 11.4 Å². The number of carbonyl (C=O) groups is 1. The zero-order chi connectivity index (χ0) is 13.2. The van der Waals surface area contributed by atoms with E-state index in [1.54, 1.807) is 0 Å². The van der Waals surface area contributed by atoms with E-state index in [1.807, 2.05) is 23.2 Å². The SMILES string of the molecule is CSCCCCNC(=O)c1csc(C#CCN)c1. The first-order valence-electron chi connectivity index (χ1n) is 5.82. The van der Waals surface area contributed by atoms with Crippen LogP contribution in [0.5, 0.6) is 0 Å². The predicted molar refractivity (Wildman–Crippen MR) is 80.2 cm³/mol. The Balaban J connectivity index is 2.35. The van der Waals surface area contributed by atoms with Gasteiger partial charge in [-0.2, -0.15) is 11.8 Å². The fraction of sp³-hybridized carbons (Fsp3) is 0.462. The summed E-state index contributed by atoms with van der Waals surface area (Å²) in [5.41, 5.74) is 5.98. The fourth-order valence-corrected chi connectivity index (χ4v) is 2.58. The van der Waals surface area contributed by atoms with Gasteiger partial charge >= 0.3 is 0 Å². The van der Waals surface area contributed by atoms with Crippen LogP contribution in [0.25, 0.3) is 0 Å². The number of carbonyl (C=O) groups excluding carboxylic acids is 1. The minimum atomic E-state index is -0.0174. The number of hydrogen-bond donors (Lipinski definition) is 2. The zero-order valence-corrected chi connectivity index (χ0v) is 12.1. The van der Waals surface area contributed by atoms with E-state index in [0.717, 1.165) is 30.0 Å². The largest absolute Gasteiger partial charge is 0.352 e. The van der Waals surface area contributed by atoms with Gasteiger partial charge < -0.3 is 11.1 Å². The molecule has 1 amide bonds. The molecule has 0 spiro atoms. The molecule has 0 aliphatic rings. The third-order valence-corrected chi connectivity index (χ3v) is 3.78. The summed E-state index contributed by atoms with van der Waals surface area (Å²) >= 11 is 3.30. The van der Waals surface area contributed by atoms with Gasteiger partial charge in [0.1, 0.15) is 0 Å². The van der Waals surface area contributed by atoms with Gasteiger partial charge in [-0.25, -0.2) is 0 Å². The zero-order valence-electron chi connectivity index (χ0n) is 10.5. The molecule has 98 valence electrons. The Kier molecular flexibility index (Phi) is 7.58. The van der Waals surface area contributed by atoms with Crippen LogP contribution in [0.2, 0.25) is 0 Å². The van der Waals surface area contributed by atoms with Crippen molar-refractivity contribution in [3.63, 3.8) is 0 Å². The summed E-state index contributed by atoms with van der Waals surface area (Å²) in [6.45, 7) is 1.08. The molecular formula is C13H18N2OS2. The van der Waals surface area contributed by atoms with Gasteiger partial charge in [-0.15, -0.1) is 11.3 Å². The number of nitrogens with one attached hydrogen (secondary N) is 1. The molecule has 0 saturated heterocycles. The van der Waals surface area contributed by atoms with Gasteiger partial charge in [0, 0.05) is 11.9 Å². The van der Waals surface area contributed by atoms with Crippen molar-refractivity contribution in [2.24, 2.45) is 5.73 Å². The van der Waals surface area contributed by atoms with Gasteiger partial charge in [0.05, 0.1) is 17.0 Å². The van der Waals surface area contributed by atoms with Gasteiger partial charge in [-0.05, 0) is 30.9 Å². The molecule has 0 radical (unpaired) electrons. The fourth-order valence-electron chi connectivity index (χ4n) is 1.33. The smallest absolute Gasteiger partial charge is 0.252 e. The monoisotopic (exact) mass is 282 g/mol. The molecule has 0 unspecified atom stereocenters. The predicted octanol–water partition coefficient (Wildman–Crippen LogP) is 1.93. The van der Waals surface area contributed by atoms with E-state index in [0.29, 0.717) is 12.1 Å². The minimum Gasteiger partial charge on any atom is -0.352 e. The molecule has 5 heteroatoms. The number of nitrogens with two attached hydrogens (primary N) is 1. The van der Waals surface area contributed by atoms with Gasteiger partial charge in [0.2, 0.25) is 0 Å². The van der Waals surface area contributed by atoms with Gasteiger partial charge in [-0.3, -0.25) is 4.79 Å². The van der Waals surface area contributed by atoms with Crippen LogP contribution in [0, 0.1) is 11.8 Å². The Morgan fingerprint density at radius 2 is 2.39 bits per heavy atom. The first kappa shape index (κ1) is 15.1. The van der Waals surface area contributed by atoms with Crippen molar-refractivity contribution in [2.75, 3.05) is 25.1 Å². The number of hydrogen-bond acceptors (Lipinski definition) is 4. The summed E-state index contributed by atoms with van der Waals surface area (Å²) in [5, 5.41) is 4.74. The second kappa shape index (κ2) is 9.03. The van der Waals surface area contributed by atoms with Gasteiger partial charge in [0.15, 0.2) is 0 Å². The van der Waals surface area contributed by atoms with Crippen LogP contribution >= 0.6 is 23.1 Å². The number of unbranched alkanes of at least 4 members (excludes halogenated alkanes) is 1. The summed E-state index contributed by atoms with van der Waals surface area (Å²) in [6, 6.07) is 1.81. The van der Waals surface area contributed by atoms with Crippen molar-refractivity contribution in [2.45, 2.75) is 12.8 Å². The van der Waals surface area contributed by atoms with E-state index >= 15 is 0 Å². The van der Waals surface area contributed by atoms with Crippen LogP contribution in [-0.4, -0.2) is 31.0 Å². The summed E-state index contributed by atoms with van der Waals surface area (Å²) in [4.78, 5) is 12.7. The minimum absolute atomic E-state index is 0.0174. The highest BCUT2D eigenvalue weighted by Crippen LogP contribution is 2.13. The molecular weight excluding hydrogens is 264 g/mol. The molecule has 1 rings (SSSR count). The summed E-state index contributed by atoms with van der Waals surface area (Å²) in [6.07, 6.45) is 4.25. The van der Waals surface area contributed by atoms with E-state index in [-0.39, 0.29) is 5.91 Å². The number of amides is 1. The standard InChI is InChI=1S/C13H18N2OS2/c1-17-8-3-2-7-15-13(16)11-9-12(18-10-11)5-4-6-14/h9-10H,2-3,6-8,14H2,1H3,(H,15,16). The maximum atomic E-state index is 11.8. The third-order valence-electron chi connectivity index (χ3n) is 2.24. The molecule has 18 heavy (non-hydrogen) atoms. The molecule has 1 heterocycles. The molecule has 0 fully saturated rings. The van der Waals surface area contributed by atoms with Crippen molar-refractivity contribution >= 4 is 29.0 Å². The van der Waals surface area contributed by atoms with Crippen molar-refractivity contribution < 1.29 is 4.79 Å². The lowest BCUT2D eigenvalue weighted by Crippen LogP contribution is -2.23. The maximum Gasteiger partial charge on any atom is 0.252 e. The van der Waals surface area contributed by atoms with Crippen molar-refractivity contribution in [1.82, 2.24) is 5.32 Å². The van der Waals surface area contributed by atoms with Crippen LogP contribution in [0.1, 0.15) is 28.1 Å². The third kappa shape index (κ3) is 5.58. The summed E-state index contributed by atoms with van der Waals surface area (Å²) in [7, 11) is 0. The van der Waals surface area contributed by atoms with Crippen molar-refractivity contribution in [3.8, 4) is 11.8 Å². The van der Waals surface area contributed by atoms with Crippen molar-refractivity contribution in [1.29, 1.82) is 0 Å². The Hall–Kier alpha value is -0.960. The van der Waals surface area contributed by atoms with Crippen LogP contribution in [0.4, 0.5) is 0 Å². The van der Waals surface area contributed by atoms with E-state index in [1.165, 1.54) is 11.3 Å². The quantitative estimate of drug-likeness (QED) is 0.619. The lowest BCUT2D eigenvalue weighted by Gasteiger charge is -2.02. The van der Waals surface area contributed by atoms with Crippen molar-refractivity contribution in [3.05, 3.63) is 21.9 Å². The van der Waals surface area contributed by atoms with Crippen LogP contribution in [0.3, 0.4) is 0 Å². The Bertz CT molecular complexity index is 432. The summed E-state index contributed by atoms with van der Waals surface area (Å²) < 4.78 is 0. The molecule has 0 aliphatic carbocycles. The lowest BCUT2D eigenvalue weighted by molar-refractivity contribution is 0.0953. The molecule has 0 bridgehead atoms. The average Bonchev–Trinajstić information content (AvgIpc) is 2.84. The number of rotatable bonds is 6. The molecule has 3 N–H and O–H groups in total. The second-order valence-electron chi connectivity index (χ2n) is 3.66. The molecule has 0 aromatic carbocycles. The topological polar surface area (TPSA) is 55.1 Å². The first-order valence-corrected chi connectivity index (χ1v) is 8.10. The Labute approximate surface area is 117 Å². The van der Waals surface area contributed by atoms with Gasteiger partial charge in [-0.1, -0.05) is 11.8 Å². The second-order valence-corrected chi connectivity index (χ2v) is 5.56. The van der Waals surface area contributed by atoms with Crippen LogP contribution < -0.4 is 11.1 Å². The molecule has 1 aromatic rings. The van der Waals surface area contributed by atoms with E-state index in [4.69, 9.17) is 5.73 Å². The molecule has 0 saturated carbocycles. The number of thiophene rings is 1. The normalized spacial score (nSPS) is 9.67. The molecule has 0 aliphatic heterocycles.